The van der Waals surface area contributed by atoms with Gasteiger partial charge in [-0.2, -0.15) is 0 Å². The van der Waals surface area contributed by atoms with Crippen LogP contribution in [0.2, 0.25) is 0 Å². The van der Waals surface area contributed by atoms with E-state index in [1.165, 1.54) is 19.2 Å². The zero-order valence-electron chi connectivity index (χ0n) is 20.1. The fourth-order valence-corrected chi connectivity index (χ4v) is 4.85. The summed E-state index contributed by atoms with van der Waals surface area (Å²) in [5.74, 6) is -0.415. The monoisotopic (exact) mass is 511 g/mol. The third-order valence-electron chi connectivity index (χ3n) is 5.24. The second-order valence-corrected chi connectivity index (χ2v) is 9.58. The molecule has 3 aromatic rings. The van der Waals surface area contributed by atoms with Crippen molar-refractivity contribution in [3.05, 3.63) is 84.4 Å². The molecule has 190 valence electrons. The van der Waals surface area contributed by atoms with Crippen LogP contribution in [0.4, 0.5) is 11.4 Å². The van der Waals surface area contributed by atoms with Crippen molar-refractivity contribution in [3.63, 3.8) is 0 Å². The average Bonchev–Trinajstić information content (AvgIpc) is 2.90. The molecule has 0 saturated heterocycles. The minimum Gasteiger partial charge on any atom is -0.497 e. The van der Waals surface area contributed by atoms with Crippen LogP contribution in [0.25, 0.3) is 0 Å². The third-order valence-corrected chi connectivity index (χ3v) is 7.02. The molecule has 0 spiro atoms. The Kier molecular flexibility index (Phi) is 9.43. The molecule has 36 heavy (non-hydrogen) atoms. The predicted molar refractivity (Wildman–Crippen MR) is 138 cm³/mol. The van der Waals surface area contributed by atoms with Gasteiger partial charge in [0.2, 0.25) is 5.91 Å². The van der Waals surface area contributed by atoms with Gasteiger partial charge in [-0.25, -0.2) is 8.42 Å². The summed E-state index contributed by atoms with van der Waals surface area (Å²) in [5, 5.41) is 5.47. The minimum absolute atomic E-state index is 0.0458. The van der Waals surface area contributed by atoms with Gasteiger partial charge in [0.05, 0.1) is 28.9 Å². The number of amides is 2. The molecule has 0 aliphatic carbocycles. The second-order valence-electron chi connectivity index (χ2n) is 7.72. The van der Waals surface area contributed by atoms with Crippen molar-refractivity contribution in [2.75, 3.05) is 43.5 Å². The lowest BCUT2D eigenvalue weighted by Gasteiger charge is -2.24. The first kappa shape index (κ1) is 26.7. The van der Waals surface area contributed by atoms with Gasteiger partial charge in [0, 0.05) is 20.3 Å². The molecule has 0 fully saturated rings. The number of nitrogens with zero attached hydrogens (tertiary/aromatic N) is 1. The molecule has 0 aliphatic rings. The summed E-state index contributed by atoms with van der Waals surface area (Å²) in [7, 11) is -0.975. The summed E-state index contributed by atoms with van der Waals surface area (Å²) in [5.41, 5.74) is 0.836. The van der Waals surface area contributed by atoms with E-state index in [1.54, 1.807) is 73.8 Å². The summed E-state index contributed by atoms with van der Waals surface area (Å²) < 4.78 is 38.1. The first-order chi connectivity index (χ1) is 17.4. The number of methoxy groups -OCH3 is 2. The van der Waals surface area contributed by atoms with Crippen LogP contribution in [-0.2, 0) is 19.6 Å². The number of para-hydroxylation sites is 1. The van der Waals surface area contributed by atoms with E-state index in [0.717, 1.165) is 4.31 Å². The number of ether oxygens (including phenoxy) is 2. The van der Waals surface area contributed by atoms with E-state index in [0.29, 0.717) is 31.0 Å². The molecule has 0 bridgehead atoms. The Morgan fingerprint density at radius 1 is 0.889 bits per heavy atom. The van der Waals surface area contributed by atoms with Gasteiger partial charge in [-0.15, -0.1) is 0 Å². The van der Waals surface area contributed by atoms with Crippen molar-refractivity contribution in [2.45, 2.75) is 11.3 Å². The number of hydrogen-bond donors (Lipinski definition) is 2. The highest BCUT2D eigenvalue weighted by Gasteiger charge is 2.27. The maximum atomic E-state index is 13.5. The van der Waals surface area contributed by atoms with Gasteiger partial charge >= 0.3 is 0 Å². The minimum atomic E-state index is -4.06. The Hall–Kier alpha value is -3.89. The number of hydrogen-bond acceptors (Lipinski definition) is 6. The van der Waals surface area contributed by atoms with E-state index < -0.39 is 22.5 Å². The van der Waals surface area contributed by atoms with Gasteiger partial charge in [-0.05, 0) is 55.0 Å². The molecule has 0 aromatic heterocycles. The molecule has 0 radical (unpaired) electrons. The summed E-state index contributed by atoms with van der Waals surface area (Å²) in [6, 6.07) is 20.8. The van der Waals surface area contributed by atoms with Gasteiger partial charge in [0.25, 0.3) is 15.9 Å². The number of anilines is 2. The molecule has 10 heteroatoms. The van der Waals surface area contributed by atoms with Gasteiger partial charge < -0.3 is 20.1 Å². The molecule has 3 aromatic carbocycles. The molecule has 0 heterocycles. The first-order valence-electron chi connectivity index (χ1n) is 11.2. The largest absolute Gasteiger partial charge is 0.497 e. The van der Waals surface area contributed by atoms with Crippen molar-refractivity contribution in [2.24, 2.45) is 0 Å². The molecule has 2 N–H and O–H groups in total. The van der Waals surface area contributed by atoms with Crippen molar-refractivity contribution < 1.29 is 27.5 Å². The smallest absolute Gasteiger partial charge is 0.264 e. The van der Waals surface area contributed by atoms with Crippen LogP contribution in [0, 0.1) is 0 Å². The summed E-state index contributed by atoms with van der Waals surface area (Å²) in [6.07, 6.45) is 0.644. The first-order valence-corrected chi connectivity index (χ1v) is 12.7. The standard InChI is InChI=1S/C26H29N3O6S/c1-34-18-8-17-27-26(31)23-11-6-7-12-24(23)28-25(30)19-29(20-13-15-21(35-2)16-14-20)36(32,33)22-9-4-3-5-10-22/h3-7,9-16H,8,17-19H2,1-2H3,(H,27,31)(H,28,30). The van der Waals surface area contributed by atoms with Crippen molar-refractivity contribution in [1.82, 2.24) is 5.32 Å². The van der Waals surface area contributed by atoms with E-state index in [9.17, 15) is 18.0 Å². The quantitative estimate of drug-likeness (QED) is 0.361. The Labute approximate surface area is 211 Å². The average molecular weight is 512 g/mol. The SMILES string of the molecule is COCCCNC(=O)c1ccccc1NC(=O)CN(c1ccc(OC)cc1)S(=O)(=O)c1ccccc1. The second kappa shape index (κ2) is 12.7. The normalized spacial score (nSPS) is 10.9. The zero-order chi connectivity index (χ0) is 26.0. The maximum Gasteiger partial charge on any atom is 0.264 e. The summed E-state index contributed by atoms with van der Waals surface area (Å²) in [4.78, 5) is 25.8. The maximum absolute atomic E-state index is 13.5. The van der Waals surface area contributed by atoms with Crippen LogP contribution in [0.1, 0.15) is 16.8 Å². The number of carbonyl (C=O) groups is 2. The van der Waals surface area contributed by atoms with Gasteiger partial charge in [0.1, 0.15) is 12.3 Å². The molecular weight excluding hydrogens is 482 g/mol. The highest BCUT2D eigenvalue weighted by atomic mass is 32.2. The molecule has 9 nitrogen and oxygen atoms in total. The number of carbonyl (C=O) groups excluding carboxylic acids is 2. The van der Waals surface area contributed by atoms with Crippen molar-refractivity contribution in [3.8, 4) is 5.75 Å². The van der Waals surface area contributed by atoms with Crippen molar-refractivity contribution in [1.29, 1.82) is 0 Å². The fraction of sp³-hybridized carbons (Fsp3) is 0.231. The van der Waals surface area contributed by atoms with E-state index >= 15 is 0 Å². The number of nitrogens with one attached hydrogen (secondary N) is 2. The van der Waals surface area contributed by atoms with Crippen LogP contribution in [0.3, 0.4) is 0 Å². The molecular formula is C26H29N3O6S. The molecule has 0 unspecified atom stereocenters. The molecule has 0 atom stereocenters. The lowest BCUT2D eigenvalue weighted by atomic mass is 10.1. The van der Waals surface area contributed by atoms with Crippen LogP contribution < -0.4 is 19.7 Å². The highest BCUT2D eigenvalue weighted by molar-refractivity contribution is 7.92. The Balaban J connectivity index is 1.84. The fourth-order valence-electron chi connectivity index (χ4n) is 3.41. The summed E-state index contributed by atoms with van der Waals surface area (Å²) in [6.45, 7) is 0.415. The number of sulfonamides is 1. The summed E-state index contributed by atoms with van der Waals surface area (Å²) >= 11 is 0. The highest BCUT2D eigenvalue weighted by Crippen LogP contribution is 2.26. The predicted octanol–water partition coefficient (Wildman–Crippen LogP) is 3.30. The molecule has 0 aliphatic heterocycles. The number of benzene rings is 3. The Morgan fingerprint density at radius 3 is 2.22 bits per heavy atom. The lowest BCUT2D eigenvalue weighted by Crippen LogP contribution is -2.38. The van der Waals surface area contributed by atoms with Crippen molar-refractivity contribution >= 4 is 33.2 Å². The third kappa shape index (κ3) is 6.83. The van der Waals surface area contributed by atoms with E-state index in [2.05, 4.69) is 10.6 Å². The zero-order valence-corrected chi connectivity index (χ0v) is 21.0. The number of rotatable bonds is 12. The van der Waals surface area contributed by atoms with Crippen LogP contribution in [0.5, 0.6) is 5.75 Å². The topological polar surface area (TPSA) is 114 Å². The van der Waals surface area contributed by atoms with Crippen LogP contribution in [-0.4, -0.2) is 54.1 Å². The van der Waals surface area contributed by atoms with Gasteiger partial charge in [-0.1, -0.05) is 30.3 Å². The van der Waals surface area contributed by atoms with E-state index in [1.807, 2.05) is 0 Å². The van der Waals surface area contributed by atoms with E-state index in [4.69, 9.17) is 9.47 Å². The Bertz CT molecular complexity index is 1260. The molecule has 0 saturated carbocycles. The van der Waals surface area contributed by atoms with Crippen LogP contribution >= 0.6 is 0 Å². The Morgan fingerprint density at radius 2 is 1.56 bits per heavy atom. The molecule has 3 rings (SSSR count). The van der Waals surface area contributed by atoms with Crippen LogP contribution in [0.15, 0.2) is 83.8 Å². The molecule has 2 amide bonds. The van der Waals surface area contributed by atoms with Gasteiger partial charge in [-0.3, -0.25) is 13.9 Å². The van der Waals surface area contributed by atoms with E-state index in [-0.39, 0.29) is 22.1 Å². The lowest BCUT2D eigenvalue weighted by molar-refractivity contribution is -0.114. The van der Waals surface area contributed by atoms with Gasteiger partial charge in [0.15, 0.2) is 0 Å².